The van der Waals surface area contributed by atoms with Crippen LogP contribution in [0.25, 0.3) is 11.4 Å². The number of amidine groups is 1. The SMILES string of the molecule is Cn1ccnc1-c1cccc(Oc2nc(Oc3cc(C(=N)N)ccc3O)c(F)c(Oc3ccc(C(=O)O)cc3)c2F)c1. The number of nitrogens with zero attached hydrogens (tertiary/aromatic N) is 3. The van der Waals surface area contributed by atoms with Crippen molar-refractivity contribution in [3.8, 4) is 51.9 Å². The highest BCUT2D eigenvalue weighted by molar-refractivity contribution is 5.95. The van der Waals surface area contributed by atoms with E-state index in [1.54, 1.807) is 42.2 Å². The van der Waals surface area contributed by atoms with Gasteiger partial charge in [-0.1, -0.05) is 12.1 Å². The van der Waals surface area contributed by atoms with Gasteiger partial charge in [0.25, 0.3) is 11.8 Å². The number of pyridine rings is 1. The number of carboxylic acids is 1. The number of benzene rings is 3. The van der Waals surface area contributed by atoms with Crippen molar-refractivity contribution in [3.05, 3.63) is 102 Å². The summed E-state index contributed by atoms with van der Waals surface area (Å²) in [5, 5.41) is 27.0. The fourth-order valence-corrected chi connectivity index (χ4v) is 3.81. The highest BCUT2D eigenvalue weighted by Gasteiger charge is 2.27. The number of phenolic OH excluding ortho intramolecular Hbond substituents is 1. The lowest BCUT2D eigenvalue weighted by atomic mass is 10.2. The van der Waals surface area contributed by atoms with E-state index in [1.165, 1.54) is 48.5 Å². The zero-order valence-corrected chi connectivity index (χ0v) is 21.7. The number of rotatable bonds is 9. The van der Waals surface area contributed by atoms with Crippen LogP contribution < -0.4 is 19.9 Å². The summed E-state index contributed by atoms with van der Waals surface area (Å²) >= 11 is 0. The lowest BCUT2D eigenvalue weighted by Gasteiger charge is -2.15. The molecule has 0 saturated heterocycles. The first-order chi connectivity index (χ1) is 20.1. The number of nitrogens with one attached hydrogen (secondary N) is 1. The number of halogens is 2. The predicted octanol–water partition coefficient (Wildman–Crippen LogP) is 5.83. The molecule has 2 aromatic heterocycles. The molecular formula is C29H21F2N5O6. The number of hydrogen-bond donors (Lipinski definition) is 4. The van der Waals surface area contributed by atoms with E-state index in [2.05, 4.69) is 9.97 Å². The lowest BCUT2D eigenvalue weighted by molar-refractivity contribution is 0.0697. The average Bonchev–Trinajstić information content (AvgIpc) is 3.40. The number of aromatic carboxylic acids is 1. The third-order valence-electron chi connectivity index (χ3n) is 5.90. The molecule has 0 spiro atoms. The van der Waals surface area contributed by atoms with Gasteiger partial charge in [0, 0.05) is 30.6 Å². The molecule has 42 heavy (non-hydrogen) atoms. The standard InChI is InChI=1S/C29H21F2N5O6/c1-36-12-11-34-26(36)17-3-2-4-19(13-17)41-27-22(30)24(40-18-8-5-15(6-9-18)29(38)39)23(31)28(35-27)42-21-14-16(25(32)33)7-10-20(21)37/h2-14,37H,1H3,(H3,32,33)(H,38,39). The number of aromatic nitrogens is 3. The molecule has 0 aliphatic carbocycles. The normalized spacial score (nSPS) is 10.7. The van der Waals surface area contributed by atoms with Gasteiger partial charge in [0.1, 0.15) is 23.2 Å². The number of hydrogen-bond acceptors (Lipinski definition) is 8. The van der Waals surface area contributed by atoms with Gasteiger partial charge in [0.05, 0.1) is 5.56 Å². The van der Waals surface area contributed by atoms with Gasteiger partial charge in [-0.15, -0.1) is 0 Å². The minimum atomic E-state index is -1.39. The van der Waals surface area contributed by atoms with Gasteiger partial charge in [-0.25, -0.2) is 9.78 Å². The van der Waals surface area contributed by atoms with Crippen LogP contribution in [0, 0.1) is 17.0 Å². The van der Waals surface area contributed by atoms with E-state index in [9.17, 15) is 9.90 Å². The topological polar surface area (TPSA) is 166 Å². The first-order valence-electron chi connectivity index (χ1n) is 12.1. The summed E-state index contributed by atoms with van der Waals surface area (Å²) < 4.78 is 49.8. The Labute approximate surface area is 236 Å². The molecule has 0 amide bonds. The maximum atomic E-state index is 15.7. The second-order valence-corrected chi connectivity index (χ2v) is 8.80. The number of imidazole rings is 1. The summed E-state index contributed by atoms with van der Waals surface area (Å²) in [5.41, 5.74) is 6.23. The van der Waals surface area contributed by atoms with E-state index in [0.29, 0.717) is 11.4 Å². The number of carbonyl (C=O) groups is 1. The Balaban J connectivity index is 1.58. The molecule has 212 valence electrons. The molecule has 0 saturated carbocycles. The molecule has 0 bridgehead atoms. The van der Waals surface area contributed by atoms with Crippen molar-refractivity contribution < 1.29 is 38.0 Å². The van der Waals surface area contributed by atoms with Crippen molar-refractivity contribution in [3.63, 3.8) is 0 Å². The molecule has 5 aromatic rings. The molecule has 5 N–H and O–H groups in total. The number of aromatic hydroxyl groups is 1. The first-order valence-corrected chi connectivity index (χ1v) is 12.1. The fraction of sp³-hybridized carbons (Fsp3) is 0.0345. The summed E-state index contributed by atoms with van der Waals surface area (Å²) in [5.74, 6) is -6.95. The van der Waals surface area contributed by atoms with Crippen molar-refractivity contribution in [2.75, 3.05) is 0 Å². The average molecular weight is 574 g/mol. The minimum absolute atomic E-state index is 0.0699. The van der Waals surface area contributed by atoms with Gasteiger partial charge in [0.2, 0.25) is 17.4 Å². The molecule has 5 rings (SSSR count). The van der Waals surface area contributed by atoms with Gasteiger partial charge >= 0.3 is 5.97 Å². The predicted molar refractivity (Wildman–Crippen MR) is 146 cm³/mol. The van der Waals surface area contributed by atoms with Crippen LogP contribution >= 0.6 is 0 Å². The Hall–Kier alpha value is -5.98. The van der Waals surface area contributed by atoms with Crippen LogP contribution in [-0.2, 0) is 7.05 Å². The second kappa shape index (κ2) is 11.3. The van der Waals surface area contributed by atoms with Crippen molar-refractivity contribution in [1.29, 1.82) is 5.41 Å². The molecule has 11 nitrogen and oxygen atoms in total. The molecule has 0 fully saturated rings. The summed E-state index contributed by atoms with van der Waals surface area (Å²) in [7, 11) is 1.80. The Kier molecular flexibility index (Phi) is 7.39. The largest absolute Gasteiger partial charge is 0.504 e. The van der Waals surface area contributed by atoms with Crippen LogP contribution in [0.2, 0.25) is 0 Å². The van der Waals surface area contributed by atoms with Crippen LogP contribution in [0.1, 0.15) is 15.9 Å². The number of carboxylic acid groups (broad SMARTS) is 1. The van der Waals surface area contributed by atoms with Crippen molar-refractivity contribution in [2.45, 2.75) is 0 Å². The lowest BCUT2D eigenvalue weighted by Crippen LogP contribution is -2.11. The molecule has 3 aromatic carbocycles. The van der Waals surface area contributed by atoms with E-state index < -0.39 is 40.9 Å². The van der Waals surface area contributed by atoms with Crippen LogP contribution in [-0.4, -0.2) is 36.6 Å². The van der Waals surface area contributed by atoms with Crippen LogP contribution in [0.4, 0.5) is 8.78 Å². The van der Waals surface area contributed by atoms with Gasteiger partial charge in [-0.05, 0) is 54.6 Å². The molecule has 0 atom stereocenters. The minimum Gasteiger partial charge on any atom is -0.504 e. The summed E-state index contributed by atoms with van der Waals surface area (Å²) in [6, 6.07) is 15.0. The molecular weight excluding hydrogens is 552 g/mol. The van der Waals surface area contributed by atoms with Gasteiger partial charge in [-0.2, -0.15) is 13.8 Å². The van der Waals surface area contributed by atoms with Crippen LogP contribution in [0.5, 0.6) is 40.5 Å². The summed E-state index contributed by atoms with van der Waals surface area (Å²) in [6.07, 6.45) is 3.35. The van der Waals surface area contributed by atoms with Crippen molar-refractivity contribution in [1.82, 2.24) is 14.5 Å². The molecule has 0 aliphatic heterocycles. The highest BCUT2D eigenvalue weighted by Crippen LogP contribution is 2.41. The zero-order chi connectivity index (χ0) is 30.0. The monoisotopic (exact) mass is 573 g/mol. The van der Waals surface area contributed by atoms with Gasteiger partial charge < -0.3 is 34.7 Å². The van der Waals surface area contributed by atoms with E-state index in [4.69, 9.17) is 30.5 Å². The Bertz CT molecular complexity index is 1820. The van der Waals surface area contributed by atoms with Crippen LogP contribution in [0.3, 0.4) is 0 Å². The fourth-order valence-electron chi connectivity index (χ4n) is 3.81. The first kappa shape index (κ1) is 27.6. The summed E-state index contributed by atoms with van der Waals surface area (Å²) in [4.78, 5) is 19.3. The maximum absolute atomic E-state index is 15.7. The van der Waals surface area contributed by atoms with E-state index in [0.717, 1.165) is 0 Å². The van der Waals surface area contributed by atoms with E-state index in [-0.39, 0.29) is 34.2 Å². The van der Waals surface area contributed by atoms with E-state index in [1.807, 2.05) is 0 Å². The molecule has 0 aliphatic rings. The molecule has 0 unspecified atom stereocenters. The smallest absolute Gasteiger partial charge is 0.335 e. The quantitative estimate of drug-likeness (QED) is 0.125. The Morgan fingerprint density at radius 1 is 0.929 bits per heavy atom. The molecule has 0 radical (unpaired) electrons. The summed E-state index contributed by atoms with van der Waals surface area (Å²) in [6.45, 7) is 0. The number of nitrogen functional groups attached to an aromatic ring is 1. The van der Waals surface area contributed by atoms with Gasteiger partial charge in [0.15, 0.2) is 11.5 Å². The third-order valence-corrected chi connectivity index (χ3v) is 5.90. The molecule has 13 heteroatoms. The Morgan fingerprint density at radius 2 is 1.62 bits per heavy atom. The number of nitrogens with two attached hydrogens (primary N) is 1. The van der Waals surface area contributed by atoms with Gasteiger partial charge in [-0.3, -0.25) is 5.41 Å². The van der Waals surface area contributed by atoms with Crippen molar-refractivity contribution >= 4 is 11.8 Å². The highest BCUT2D eigenvalue weighted by atomic mass is 19.1. The van der Waals surface area contributed by atoms with Crippen LogP contribution in [0.15, 0.2) is 79.1 Å². The number of phenols is 1. The second-order valence-electron chi connectivity index (χ2n) is 8.80. The number of aryl methyl sites for hydroxylation is 1. The number of ether oxygens (including phenoxy) is 3. The molecule has 2 heterocycles. The van der Waals surface area contributed by atoms with Crippen molar-refractivity contribution in [2.24, 2.45) is 12.8 Å². The van der Waals surface area contributed by atoms with E-state index >= 15 is 8.78 Å². The zero-order valence-electron chi connectivity index (χ0n) is 21.7. The Morgan fingerprint density at radius 3 is 2.26 bits per heavy atom. The maximum Gasteiger partial charge on any atom is 0.335 e. The third kappa shape index (κ3) is 5.65.